The highest BCUT2D eigenvalue weighted by molar-refractivity contribution is 7.88. The lowest BCUT2D eigenvalue weighted by Crippen LogP contribution is -2.48. The normalized spacial score (nSPS) is 19.1. The first-order valence-electron chi connectivity index (χ1n) is 12.2. The minimum atomic E-state index is -3.25. The monoisotopic (exact) mass is 526 g/mol. The molecule has 2 aliphatic rings. The van der Waals surface area contributed by atoms with Crippen LogP contribution in [0.5, 0.6) is 0 Å². The Hall–Kier alpha value is -3.64. The van der Waals surface area contributed by atoms with Crippen molar-refractivity contribution in [3.8, 4) is 0 Å². The van der Waals surface area contributed by atoms with E-state index < -0.39 is 15.9 Å². The number of hydrogen-bond donors (Lipinski definition) is 3. The number of hydrogen-bond acceptors (Lipinski definition) is 7. The molecule has 11 nitrogen and oxygen atoms in total. The van der Waals surface area contributed by atoms with Crippen LogP contribution in [0.25, 0.3) is 16.5 Å². The largest absolute Gasteiger partial charge is 0.448 e. The SMILES string of the molecule is Cc1nc(C(=O)NC2CCCN(c3ccc(C(N)=O)c4[nH]c(C5=CCN(S(C)(=O)=O)CC5)cc34)C2)co1. The molecule has 0 aliphatic carbocycles. The Morgan fingerprint density at radius 3 is 2.73 bits per heavy atom. The van der Waals surface area contributed by atoms with Gasteiger partial charge in [0.15, 0.2) is 11.6 Å². The Morgan fingerprint density at radius 2 is 2.08 bits per heavy atom. The fraction of sp³-hybridized carbons (Fsp3) is 0.400. The molecule has 0 spiro atoms. The number of oxazole rings is 1. The first-order chi connectivity index (χ1) is 17.6. The smallest absolute Gasteiger partial charge is 0.273 e. The fourth-order valence-electron chi connectivity index (χ4n) is 5.10. The van der Waals surface area contributed by atoms with Gasteiger partial charge in [0, 0.05) is 55.9 Å². The van der Waals surface area contributed by atoms with Crippen LogP contribution in [0.2, 0.25) is 0 Å². The second-order valence-corrected chi connectivity index (χ2v) is 11.6. The van der Waals surface area contributed by atoms with E-state index in [1.807, 2.05) is 18.2 Å². The number of nitrogens with zero attached hydrogens (tertiary/aromatic N) is 3. The molecule has 1 aromatic carbocycles. The summed E-state index contributed by atoms with van der Waals surface area (Å²) in [7, 11) is -3.25. The molecule has 2 aliphatic heterocycles. The van der Waals surface area contributed by atoms with E-state index in [0.29, 0.717) is 43.0 Å². The minimum absolute atomic E-state index is 0.0782. The molecule has 2 amide bonds. The molecule has 196 valence electrons. The van der Waals surface area contributed by atoms with E-state index in [9.17, 15) is 18.0 Å². The van der Waals surface area contributed by atoms with Gasteiger partial charge >= 0.3 is 0 Å². The molecule has 5 rings (SSSR count). The van der Waals surface area contributed by atoms with Gasteiger partial charge in [0.1, 0.15) is 6.26 Å². The maximum absolute atomic E-state index is 12.6. The Kier molecular flexibility index (Phi) is 6.54. The number of fused-ring (bicyclic) bond motifs is 1. The molecule has 37 heavy (non-hydrogen) atoms. The predicted molar refractivity (Wildman–Crippen MR) is 140 cm³/mol. The summed E-state index contributed by atoms with van der Waals surface area (Å²) in [5, 5.41) is 3.91. The van der Waals surface area contributed by atoms with Crippen LogP contribution >= 0.6 is 0 Å². The number of primary amides is 1. The topological polar surface area (TPSA) is 155 Å². The standard InChI is InChI=1S/C25H30N6O5S/c1-15-27-21(14-36-15)25(33)28-17-4-3-9-30(13-17)22-6-5-18(24(26)32)23-19(22)12-20(29-23)16-7-10-31(11-8-16)37(2,34)35/h5-7,12,14,17,29H,3-4,8-11,13H2,1-2H3,(H2,26,32)(H,28,33). The summed E-state index contributed by atoms with van der Waals surface area (Å²) in [5.74, 6) is -0.362. The summed E-state index contributed by atoms with van der Waals surface area (Å²) in [6.07, 6.45) is 6.74. The van der Waals surface area contributed by atoms with Crippen molar-refractivity contribution >= 4 is 44.0 Å². The van der Waals surface area contributed by atoms with Crippen molar-refractivity contribution in [1.82, 2.24) is 19.6 Å². The lowest BCUT2D eigenvalue weighted by molar-refractivity contribution is 0.0927. The van der Waals surface area contributed by atoms with Crippen LogP contribution in [0.3, 0.4) is 0 Å². The second kappa shape index (κ2) is 9.67. The number of aryl methyl sites for hydroxylation is 1. The molecule has 4 N–H and O–H groups in total. The lowest BCUT2D eigenvalue weighted by atomic mass is 10.0. The van der Waals surface area contributed by atoms with Crippen molar-refractivity contribution in [1.29, 1.82) is 0 Å². The van der Waals surface area contributed by atoms with Crippen LogP contribution in [0, 0.1) is 6.92 Å². The van der Waals surface area contributed by atoms with Gasteiger partial charge in [-0.25, -0.2) is 13.4 Å². The third-order valence-electron chi connectivity index (χ3n) is 6.97. The number of carbonyl (C=O) groups is 2. The first-order valence-corrected chi connectivity index (χ1v) is 14.0. The fourth-order valence-corrected chi connectivity index (χ4v) is 5.86. The van der Waals surface area contributed by atoms with Crippen molar-refractivity contribution in [3.63, 3.8) is 0 Å². The minimum Gasteiger partial charge on any atom is -0.448 e. The number of anilines is 1. The number of benzene rings is 1. The third kappa shape index (κ3) is 5.12. The highest BCUT2D eigenvalue weighted by Gasteiger charge is 2.26. The van der Waals surface area contributed by atoms with Gasteiger partial charge in [-0.2, -0.15) is 4.31 Å². The number of nitrogens with one attached hydrogen (secondary N) is 2. The molecule has 1 unspecified atom stereocenters. The summed E-state index contributed by atoms with van der Waals surface area (Å²) < 4.78 is 30.4. The average molecular weight is 527 g/mol. The number of H-pyrrole nitrogens is 1. The molecule has 12 heteroatoms. The molecule has 3 aromatic rings. The highest BCUT2D eigenvalue weighted by atomic mass is 32.2. The number of rotatable bonds is 6. The molecule has 1 saturated heterocycles. The van der Waals surface area contributed by atoms with Crippen molar-refractivity contribution in [2.75, 3.05) is 37.3 Å². The Balaban J connectivity index is 1.43. The number of amides is 2. The van der Waals surface area contributed by atoms with Crippen molar-refractivity contribution in [2.24, 2.45) is 5.73 Å². The van der Waals surface area contributed by atoms with Crippen molar-refractivity contribution in [2.45, 2.75) is 32.2 Å². The number of aromatic amines is 1. The van der Waals surface area contributed by atoms with E-state index in [1.165, 1.54) is 16.8 Å². The van der Waals surface area contributed by atoms with Gasteiger partial charge in [0.2, 0.25) is 10.0 Å². The van der Waals surface area contributed by atoms with Crippen LogP contribution < -0.4 is 16.0 Å². The molecule has 4 heterocycles. The van der Waals surface area contributed by atoms with Gasteiger partial charge in [-0.3, -0.25) is 9.59 Å². The van der Waals surface area contributed by atoms with E-state index in [4.69, 9.17) is 10.2 Å². The third-order valence-corrected chi connectivity index (χ3v) is 8.24. The van der Waals surface area contributed by atoms with Crippen LogP contribution in [-0.4, -0.2) is 73.0 Å². The zero-order chi connectivity index (χ0) is 26.3. The zero-order valence-electron chi connectivity index (χ0n) is 20.8. The van der Waals surface area contributed by atoms with E-state index in [-0.39, 0.29) is 17.6 Å². The van der Waals surface area contributed by atoms with Gasteiger partial charge in [-0.1, -0.05) is 6.08 Å². The summed E-state index contributed by atoms with van der Waals surface area (Å²) in [5.41, 5.74) is 9.73. The molecule has 0 radical (unpaired) electrons. The summed E-state index contributed by atoms with van der Waals surface area (Å²) >= 11 is 0. The average Bonchev–Trinajstić information content (AvgIpc) is 3.50. The van der Waals surface area contributed by atoms with Gasteiger partial charge in [-0.05, 0) is 43.0 Å². The Labute approximate surface area is 214 Å². The number of aromatic nitrogens is 2. The molecule has 0 bridgehead atoms. The van der Waals surface area contributed by atoms with Crippen LogP contribution in [0.4, 0.5) is 5.69 Å². The van der Waals surface area contributed by atoms with Gasteiger partial charge < -0.3 is 25.4 Å². The quantitative estimate of drug-likeness (QED) is 0.444. The molecule has 2 aromatic heterocycles. The summed E-state index contributed by atoms with van der Waals surface area (Å²) in [4.78, 5) is 34.5. The molecular formula is C25H30N6O5S. The van der Waals surface area contributed by atoms with E-state index in [0.717, 1.165) is 41.7 Å². The maximum Gasteiger partial charge on any atom is 0.273 e. The Morgan fingerprint density at radius 1 is 1.27 bits per heavy atom. The number of piperidine rings is 1. The van der Waals surface area contributed by atoms with Crippen LogP contribution in [0.1, 0.15) is 51.7 Å². The number of sulfonamides is 1. The lowest BCUT2D eigenvalue weighted by Gasteiger charge is -2.35. The van der Waals surface area contributed by atoms with Gasteiger partial charge in [0.25, 0.3) is 11.8 Å². The molecule has 0 saturated carbocycles. The number of nitrogens with two attached hydrogens (primary N) is 1. The number of carbonyl (C=O) groups excluding carboxylic acids is 2. The molecule has 1 atom stereocenters. The van der Waals surface area contributed by atoms with E-state index in [2.05, 4.69) is 20.2 Å². The Bertz CT molecular complexity index is 1500. The van der Waals surface area contributed by atoms with Crippen LogP contribution in [0.15, 0.2) is 35.0 Å². The zero-order valence-corrected chi connectivity index (χ0v) is 21.6. The highest BCUT2D eigenvalue weighted by Crippen LogP contribution is 2.35. The first kappa shape index (κ1) is 25.0. The molecular weight excluding hydrogens is 496 g/mol. The second-order valence-electron chi connectivity index (χ2n) is 9.58. The van der Waals surface area contributed by atoms with Crippen molar-refractivity contribution in [3.05, 3.63) is 53.4 Å². The summed E-state index contributed by atoms with van der Waals surface area (Å²) in [6.45, 7) is 3.79. The summed E-state index contributed by atoms with van der Waals surface area (Å²) in [6, 6.07) is 5.54. The van der Waals surface area contributed by atoms with E-state index in [1.54, 1.807) is 13.0 Å². The van der Waals surface area contributed by atoms with Crippen molar-refractivity contribution < 1.29 is 22.4 Å². The van der Waals surface area contributed by atoms with Crippen LogP contribution in [-0.2, 0) is 10.0 Å². The van der Waals surface area contributed by atoms with E-state index >= 15 is 0 Å². The molecule has 1 fully saturated rings. The maximum atomic E-state index is 12.6. The van der Waals surface area contributed by atoms with Gasteiger partial charge in [0.05, 0.1) is 17.3 Å². The van der Waals surface area contributed by atoms with Gasteiger partial charge in [-0.15, -0.1) is 0 Å². The predicted octanol–water partition coefficient (Wildman–Crippen LogP) is 2.01.